The van der Waals surface area contributed by atoms with E-state index in [0.29, 0.717) is 45.2 Å². The number of aryl methyl sites for hydroxylation is 1. The highest BCUT2D eigenvalue weighted by molar-refractivity contribution is 5.94. The summed E-state index contributed by atoms with van der Waals surface area (Å²) >= 11 is 0. The molecule has 4 rings (SSSR count). The van der Waals surface area contributed by atoms with E-state index in [1.807, 2.05) is 49.4 Å². The van der Waals surface area contributed by atoms with E-state index in [4.69, 9.17) is 13.6 Å². The molecule has 1 aliphatic heterocycles. The molecule has 3 aromatic rings. The number of carbonyl (C=O) groups is 2. The summed E-state index contributed by atoms with van der Waals surface area (Å²) in [7, 11) is 0. The predicted octanol–water partition coefficient (Wildman–Crippen LogP) is 3.18. The molecule has 0 unspecified atom stereocenters. The molecule has 1 saturated heterocycles. The zero-order chi connectivity index (χ0) is 23.8. The van der Waals surface area contributed by atoms with Crippen molar-refractivity contribution in [2.45, 2.75) is 20.0 Å². The van der Waals surface area contributed by atoms with Gasteiger partial charge in [0.25, 0.3) is 5.91 Å². The third kappa shape index (κ3) is 6.59. The van der Waals surface area contributed by atoms with Crippen molar-refractivity contribution in [1.29, 1.82) is 0 Å². The van der Waals surface area contributed by atoms with Crippen LogP contribution in [0.15, 0.2) is 69.7 Å². The largest absolute Gasteiger partial charge is 0.464 e. The molecule has 0 bridgehead atoms. The molecule has 2 aromatic heterocycles. The zero-order valence-corrected chi connectivity index (χ0v) is 19.5. The van der Waals surface area contributed by atoms with Crippen molar-refractivity contribution in [3.63, 3.8) is 0 Å². The average Bonchev–Trinajstić information content (AvgIpc) is 3.54. The van der Waals surface area contributed by atoms with Gasteiger partial charge < -0.3 is 23.4 Å². The predicted molar refractivity (Wildman–Crippen MR) is 126 cm³/mol. The molecule has 180 valence electrons. The second-order valence-corrected chi connectivity index (χ2v) is 8.41. The van der Waals surface area contributed by atoms with Gasteiger partial charge in [-0.05, 0) is 36.8 Å². The summed E-state index contributed by atoms with van der Waals surface area (Å²) in [5.41, 5.74) is 1.01. The van der Waals surface area contributed by atoms with Crippen molar-refractivity contribution in [2.75, 3.05) is 45.9 Å². The van der Waals surface area contributed by atoms with Crippen LogP contribution < -0.4 is 0 Å². The number of amides is 2. The van der Waals surface area contributed by atoms with Crippen molar-refractivity contribution in [2.24, 2.45) is 0 Å². The first-order chi connectivity index (χ1) is 16.6. The number of rotatable bonds is 10. The van der Waals surface area contributed by atoms with Crippen LogP contribution in [0.3, 0.4) is 0 Å². The molecular formula is C26H31N3O5. The SMILES string of the molecule is Cc1ccc(CN(Cc2ccccc2)C(=O)CN(CCN2CCOCC2)C(=O)c2ccco2)o1. The molecule has 8 heteroatoms. The Bertz CT molecular complexity index is 1040. The highest BCUT2D eigenvalue weighted by atomic mass is 16.5. The molecule has 0 atom stereocenters. The van der Waals surface area contributed by atoms with Crippen LogP contribution in [0.4, 0.5) is 0 Å². The summed E-state index contributed by atoms with van der Waals surface area (Å²) in [6.45, 7) is 6.65. The number of furan rings is 2. The van der Waals surface area contributed by atoms with Gasteiger partial charge in [0.05, 0.1) is 26.0 Å². The van der Waals surface area contributed by atoms with Crippen LogP contribution in [0.2, 0.25) is 0 Å². The number of benzene rings is 1. The highest BCUT2D eigenvalue weighted by Gasteiger charge is 2.25. The molecule has 2 amide bonds. The monoisotopic (exact) mass is 465 g/mol. The second kappa shape index (κ2) is 11.7. The molecule has 0 N–H and O–H groups in total. The van der Waals surface area contributed by atoms with E-state index in [-0.39, 0.29) is 24.1 Å². The van der Waals surface area contributed by atoms with E-state index in [2.05, 4.69) is 4.90 Å². The normalized spacial score (nSPS) is 14.1. The summed E-state index contributed by atoms with van der Waals surface area (Å²) in [4.78, 5) is 32.2. The van der Waals surface area contributed by atoms with E-state index in [1.54, 1.807) is 21.9 Å². The van der Waals surface area contributed by atoms with Crippen molar-refractivity contribution < 1.29 is 23.2 Å². The molecule has 1 aromatic carbocycles. The maximum absolute atomic E-state index is 13.5. The van der Waals surface area contributed by atoms with Crippen LogP contribution in [0, 0.1) is 6.92 Å². The minimum absolute atomic E-state index is 0.0452. The second-order valence-electron chi connectivity index (χ2n) is 8.41. The average molecular weight is 466 g/mol. The molecule has 3 heterocycles. The van der Waals surface area contributed by atoms with E-state index < -0.39 is 0 Å². The standard InChI is InChI=1S/C26H31N3O5/c1-21-9-10-23(34-21)19-29(18-22-6-3-2-4-7-22)25(30)20-28(26(31)24-8-5-15-33-24)12-11-27-13-16-32-17-14-27/h2-10,15H,11-14,16-20H2,1H3. The Morgan fingerprint density at radius 1 is 0.941 bits per heavy atom. The molecule has 0 saturated carbocycles. The lowest BCUT2D eigenvalue weighted by Gasteiger charge is -2.31. The fourth-order valence-electron chi connectivity index (χ4n) is 3.95. The lowest BCUT2D eigenvalue weighted by molar-refractivity contribution is -0.133. The minimum Gasteiger partial charge on any atom is -0.464 e. The van der Waals surface area contributed by atoms with Gasteiger partial charge in [-0.3, -0.25) is 14.5 Å². The molecule has 0 spiro atoms. The third-order valence-corrected chi connectivity index (χ3v) is 5.85. The number of carbonyl (C=O) groups excluding carboxylic acids is 2. The van der Waals surface area contributed by atoms with E-state index in [0.717, 1.165) is 24.4 Å². The summed E-state index contributed by atoms with van der Waals surface area (Å²) in [6, 6.07) is 16.9. The van der Waals surface area contributed by atoms with Gasteiger partial charge >= 0.3 is 0 Å². The summed E-state index contributed by atoms with van der Waals surface area (Å²) < 4.78 is 16.5. The van der Waals surface area contributed by atoms with Gasteiger partial charge in [-0.25, -0.2) is 0 Å². The molecule has 1 aliphatic rings. The van der Waals surface area contributed by atoms with Gasteiger partial charge in [0.2, 0.25) is 5.91 Å². The smallest absolute Gasteiger partial charge is 0.290 e. The maximum Gasteiger partial charge on any atom is 0.290 e. The van der Waals surface area contributed by atoms with Gasteiger partial charge in [0, 0.05) is 32.7 Å². The molecule has 8 nitrogen and oxygen atoms in total. The van der Waals surface area contributed by atoms with Crippen molar-refractivity contribution >= 4 is 11.8 Å². The number of ether oxygens (including phenoxy) is 1. The van der Waals surface area contributed by atoms with Gasteiger partial charge in [-0.15, -0.1) is 0 Å². The summed E-state index contributed by atoms with van der Waals surface area (Å²) in [5, 5.41) is 0. The van der Waals surface area contributed by atoms with Crippen LogP contribution in [-0.4, -0.2) is 72.5 Å². The van der Waals surface area contributed by atoms with Crippen molar-refractivity contribution in [1.82, 2.24) is 14.7 Å². The Morgan fingerprint density at radius 3 is 2.41 bits per heavy atom. The van der Waals surface area contributed by atoms with Gasteiger partial charge in [0.15, 0.2) is 5.76 Å². The van der Waals surface area contributed by atoms with Crippen LogP contribution in [0.1, 0.15) is 27.6 Å². The van der Waals surface area contributed by atoms with Gasteiger partial charge in [-0.2, -0.15) is 0 Å². The Morgan fingerprint density at radius 2 is 1.74 bits per heavy atom. The molecule has 0 aliphatic carbocycles. The van der Waals surface area contributed by atoms with E-state index >= 15 is 0 Å². The van der Waals surface area contributed by atoms with Gasteiger partial charge in [-0.1, -0.05) is 30.3 Å². The van der Waals surface area contributed by atoms with Crippen LogP contribution in [0.25, 0.3) is 0 Å². The van der Waals surface area contributed by atoms with E-state index in [1.165, 1.54) is 6.26 Å². The first-order valence-electron chi connectivity index (χ1n) is 11.6. The Balaban J connectivity index is 1.49. The Kier molecular flexibility index (Phi) is 8.17. The third-order valence-electron chi connectivity index (χ3n) is 5.85. The number of hydrogen-bond donors (Lipinski definition) is 0. The lowest BCUT2D eigenvalue weighted by Crippen LogP contribution is -2.47. The van der Waals surface area contributed by atoms with Crippen LogP contribution in [0.5, 0.6) is 0 Å². The fraction of sp³-hybridized carbons (Fsp3) is 0.385. The Hall–Kier alpha value is -3.36. The molecular weight excluding hydrogens is 434 g/mol. The maximum atomic E-state index is 13.5. The first-order valence-corrected chi connectivity index (χ1v) is 11.6. The quantitative estimate of drug-likeness (QED) is 0.458. The van der Waals surface area contributed by atoms with E-state index in [9.17, 15) is 9.59 Å². The lowest BCUT2D eigenvalue weighted by atomic mass is 10.2. The first kappa shape index (κ1) is 23.8. The number of nitrogens with zero attached hydrogens (tertiary/aromatic N) is 3. The number of hydrogen-bond acceptors (Lipinski definition) is 6. The molecule has 0 radical (unpaired) electrons. The molecule has 34 heavy (non-hydrogen) atoms. The van der Waals surface area contributed by atoms with Crippen LogP contribution in [-0.2, 0) is 22.6 Å². The minimum atomic E-state index is -0.292. The fourth-order valence-corrected chi connectivity index (χ4v) is 3.95. The summed E-state index contributed by atoms with van der Waals surface area (Å²) in [5.74, 6) is 1.28. The van der Waals surface area contributed by atoms with Gasteiger partial charge in [0.1, 0.15) is 18.1 Å². The molecule has 1 fully saturated rings. The number of morpholine rings is 1. The Labute approximate surface area is 199 Å². The highest BCUT2D eigenvalue weighted by Crippen LogP contribution is 2.15. The topological polar surface area (TPSA) is 79.4 Å². The summed E-state index contributed by atoms with van der Waals surface area (Å²) in [6.07, 6.45) is 1.47. The zero-order valence-electron chi connectivity index (χ0n) is 19.5. The van der Waals surface area contributed by atoms with Crippen molar-refractivity contribution in [3.8, 4) is 0 Å². The van der Waals surface area contributed by atoms with Crippen LogP contribution >= 0.6 is 0 Å². The van der Waals surface area contributed by atoms with Crippen molar-refractivity contribution in [3.05, 3.63) is 83.7 Å².